The fraction of sp³-hybridized carbons (Fsp3) is 0.407. The first-order chi connectivity index (χ1) is 18.0. The van der Waals surface area contributed by atoms with E-state index in [1.807, 2.05) is 24.3 Å². The van der Waals surface area contributed by atoms with Crippen LogP contribution in [-0.4, -0.2) is 69.3 Å². The number of anilines is 1. The molecule has 11 nitrogen and oxygen atoms in total. The van der Waals surface area contributed by atoms with Gasteiger partial charge < -0.3 is 24.1 Å². The zero-order valence-corrected chi connectivity index (χ0v) is 22.1. The van der Waals surface area contributed by atoms with Crippen LogP contribution in [0.25, 0.3) is 5.69 Å². The summed E-state index contributed by atoms with van der Waals surface area (Å²) in [7, 11) is 1.61. The number of esters is 1. The van der Waals surface area contributed by atoms with Gasteiger partial charge in [0.2, 0.25) is 5.88 Å². The lowest BCUT2D eigenvalue weighted by Gasteiger charge is -2.38. The first-order valence-electron chi connectivity index (χ1n) is 12.1. The molecule has 0 radical (unpaired) electrons. The molecule has 2 aromatic heterocycles. The Hall–Kier alpha value is -3.96. The summed E-state index contributed by atoms with van der Waals surface area (Å²) in [5, 5.41) is 15.4. The number of benzene rings is 1. The molecule has 0 saturated carbocycles. The van der Waals surface area contributed by atoms with Gasteiger partial charge in [-0.1, -0.05) is 12.1 Å². The van der Waals surface area contributed by atoms with Crippen molar-refractivity contribution in [2.45, 2.75) is 51.6 Å². The SMILES string of the molecule is COc1ccc(COc2cc(-n3ccc(N4CCOC(C(C)(O)C(=O)OC(C)(C)C)C4=O)n3)ccn2)cc1. The van der Waals surface area contributed by atoms with E-state index in [0.717, 1.165) is 11.3 Å². The number of aliphatic hydroxyl groups is 1. The van der Waals surface area contributed by atoms with Gasteiger partial charge >= 0.3 is 5.97 Å². The maximum Gasteiger partial charge on any atom is 0.341 e. The molecule has 1 aliphatic heterocycles. The van der Waals surface area contributed by atoms with E-state index in [9.17, 15) is 14.7 Å². The van der Waals surface area contributed by atoms with Gasteiger partial charge in [0.05, 0.1) is 25.9 Å². The molecule has 4 rings (SSSR count). The molecule has 1 N–H and O–H groups in total. The van der Waals surface area contributed by atoms with E-state index in [1.54, 1.807) is 63.2 Å². The van der Waals surface area contributed by atoms with E-state index in [1.165, 1.54) is 11.8 Å². The summed E-state index contributed by atoms with van der Waals surface area (Å²) in [6.45, 7) is 6.90. The van der Waals surface area contributed by atoms with Gasteiger partial charge in [-0.05, 0) is 51.5 Å². The molecule has 0 spiro atoms. The number of morpholine rings is 1. The molecular formula is C27H32N4O7. The summed E-state index contributed by atoms with van der Waals surface area (Å²) in [4.78, 5) is 31.5. The van der Waals surface area contributed by atoms with Gasteiger partial charge in [0, 0.05) is 24.5 Å². The maximum absolute atomic E-state index is 13.2. The third kappa shape index (κ3) is 6.12. The monoisotopic (exact) mass is 524 g/mol. The number of ether oxygens (including phenoxy) is 4. The number of hydrogen-bond acceptors (Lipinski definition) is 9. The lowest BCUT2D eigenvalue weighted by Crippen LogP contribution is -2.61. The molecule has 38 heavy (non-hydrogen) atoms. The van der Waals surface area contributed by atoms with Gasteiger partial charge in [0.15, 0.2) is 17.5 Å². The van der Waals surface area contributed by atoms with Gasteiger partial charge in [-0.2, -0.15) is 0 Å². The number of nitrogens with zero attached hydrogens (tertiary/aromatic N) is 4. The van der Waals surface area contributed by atoms with E-state index >= 15 is 0 Å². The summed E-state index contributed by atoms with van der Waals surface area (Å²) in [6.07, 6.45) is 1.87. The van der Waals surface area contributed by atoms with E-state index in [0.29, 0.717) is 24.0 Å². The highest BCUT2D eigenvalue weighted by molar-refractivity contribution is 6.01. The van der Waals surface area contributed by atoms with Gasteiger partial charge in [0.1, 0.15) is 18.0 Å². The average Bonchev–Trinajstić information content (AvgIpc) is 3.37. The Balaban J connectivity index is 1.46. The summed E-state index contributed by atoms with van der Waals surface area (Å²) < 4.78 is 23.4. The van der Waals surface area contributed by atoms with Crippen LogP contribution in [0.1, 0.15) is 33.3 Å². The van der Waals surface area contributed by atoms with Crippen LogP contribution in [0.2, 0.25) is 0 Å². The zero-order valence-electron chi connectivity index (χ0n) is 22.1. The summed E-state index contributed by atoms with van der Waals surface area (Å²) >= 11 is 0. The number of methoxy groups -OCH3 is 1. The number of carbonyl (C=O) groups excluding carboxylic acids is 2. The molecule has 3 heterocycles. The van der Waals surface area contributed by atoms with Crippen molar-refractivity contribution < 1.29 is 33.6 Å². The Labute approximate surface area is 220 Å². The Kier molecular flexibility index (Phi) is 7.70. The number of rotatable bonds is 8. The van der Waals surface area contributed by atoms with E-state index in [4.69, 9.17) is 18.9 Å². The normalized spacial score (nSPS) is 17.6. The van der Waals surface area contributed by atoms with Crippen molar-refractivity contribution in [2.24, 2.45) is 0 Å². The standard InChI is InChI=1S/C27H32N4O7/c1-26(2,3)38-25(33)27(4,34)23-24(32)30(14-15-36-23)21-11-13-31(29-21)19-10-12-28-22(16-19)37-17-18-6-8-20(35-5)9-7-18/h6-13,16,23,34H,14-15,17H2,1-5H3. The second-order valence-corrected chi connectivity index (χ2v) is 10.00. The quantitative estimate of drug-likeness (QED) is 0.443. The summed E-state index contributed by atoms with van der Waals surface area (Å²) in [5.41, 5.74) is -1.37. The predicted molar refractivity (Wildman–Crippen MR) is 137 cm³/mol. The fourth-order valence-corrected chi connectivity index (χ4v) is 3.80. The van der Waals surface area contributed by atoms with Gasteiger partial charge in [-0.3, -0.25) is 9.69 Å². The molecule has 0 bridgehead atoms. The van der Waals surface area contributed by atoms with E-state index < -0.39 is 29.2 Å². The van der Waals surface area contributed by atoms with Crippen molar-refractivity contribution in [3.8, 4) is 17.3 Å². The average molecular weight is 525 g/mol. The van der Waals surface area contributed by atoms with Crippen molar-refractivity contribution in [1.29, 1.82) is 0 Å². The lowest BCUT2D eigenvalue weighted by atomic mass is 9.96. The van der Waals surface area contributed by atoms with Gasteiger partial charge in [-0.15, -0.1) is 5.10 Å². The minimum absolute atomic E-state index is 0.112. The third-order valence-electron chi connectivity index (χ3n) is 5.79. The Bertz CT molecular complexity index is 1280. The molecule has 1 saturated heterocycles. The zero-order chi connectivity index (χ0) is 27.5. The molecule has 2 atom stereocenters. The van der Waals surface area contributed by atoms with Crippen LogP contribution in [-0.2, 0) is 25.7 Å². The van der Waals surface area contributed by atoms with Crippen LogP contribution < -0.4 is 14.4 Å². The number of carbonyl (C=O) groups is 2. The number of pyridine rings is 1. The fourth-order valence-electron chi connectivity index (χ4n) is 3.80. The molecule has 202 valence electrons. The van der Waals surface area contributed by atoms with Crippen molar-refractivity contribution in [1.82, 2.24) is 14.8 Å². The minimum atomic E-state index is -2.17. The van der Waals surface area contributed by atoms with E-state index in [-0.39, 0.29) is 13.2 Å². The number of hydrogen-bond donors (Lipinski definition) is 1. The van der Waals surface area contributed by atoms with Crippen LogP contribution >= 0.6 is 0 Å². The number of aromatic nitrogens is 3. The smallest absolute Gasteiger partial charge is 0.341 e. The van der Waals surface area contributed by atoms with Crippen molar-refractivity contribution in [3.05, 3.63) is 60.4 Å². The molecule has 3 aromatic rings. The summed E-state index contributed by atoms with van der Waals surface area (Å²) in [5.74, 6) is -0.000684. The Morgan fingerprint density at radius 1 is 1.16 bits per heavy atom. The Morgan fingerprint density at radius 3 is 2.58 bits per heavy atom. The molecule has 2 unspecified atom stereocenters. The van der Waals surface area contributed by atoms with Crippen LogP contribution in [0.3, 0.4) is 0 Å². The van der Waals surface area contributed by atoms with Crippen LogP contribution in [0, 0.1) is 0 Å². The van der Waals surface area contributed by atoms with Crippen LogP contribution in [0.5, 0.6) is 11.6 Å². The van der Waals surface area contributed by atoms with Gasteiger partial charge in [0.25, 0.3) is 5.91 Å². The molecule has 1 aliphatic rings. The lowest BCUT2D eigenvalue weighted by molar-refractivity contribution is -0.194. The molecule has 1 fully saturated rings. The summed E-state index contributed by atoms with van der Waals surface area (Å²) in [6, 6.07) is 12.7. The first-order valence-corrected chi connectivity index (χ1v) is 12.1. The van der Waals surface area contributed by atoms with E-state index in [2.05, 4.69) is 10.1 Å². The first kappa shape index (κ1) is 27.1. The molecule has 1 amide bonds. The molecule has 1 aromatic carbocycles. The Morgan fingerprint density at radius 2 is 1.89 bits per heavy atom. The largest absolute Gasteiger partial charge is 0.497 e. The second kappa shape index (κ2) is 10.8. The number of amides is 1. The van der Waals surface area contributed by atoms with Crippen LogP contribution in [0.4, 0.5) is 5.82 Å². The van der Waals surface area contributed by atoms with Gasteiger partial charge in [-0.25, -0.2) is 14.5 Å². The topological polar surface area (TPSA) is 125 Å². The minimum Gasteiger partial charge on any atom is -0.497 e. The third-order valence-corrected chi connectivity index (χ3v) is 5.79. The predicted octanol–water partition coefficient (Wildman–Crippen LogP) is 2.68. The highest BCUT2D eigenvalue weighted by Gasteiger charge is 2.50. The molecule has 11 heteroatoms. The second-order valence-electron chi connectivity index (χ2n) is 10.00. The molecular weight excluding hydrogens is 492 g/mol. The molecule has 0 aliphatic carbocycles. The van der Waals surface area contributed by atoms with Crippen molar-refractivity contribution >= 4 is 17.7 Å². The van der Waals surface area contributed by atoms with Crippen molar-refractivity contribution in [2.75, 3.05) is 25.2 Å². The highest BCUT2D eigenvalue weighted by atomic mass is 16.6. The maximum atomic E-state index is 13.2. The highest BCUT2D eigenvalue weighted by Crippen LogP contribution is 2.27. The van der Waals surface area contributed by atoms with Crippen LogP contribution in [0.15, 0.2) is 54.9 Å². The van der Waals surface area contributed by atoms with Crippen molar-refractivity contribution in [3.63, 3.8) is 0 Å².